The van der Waals surface area contributed by atoms with Gasteiger partial charge in [-0.1, -0.05) is 26.0 Å². The fourth-order valence-corrected chi connectivity index (χ4v) is 4.61. The second-order valence-corrected chi connectivity index (χ2v) is 9.85. The van der Waals surface area contributed by atoms with Gasteiger partial charge in [0.05, 0.1) is 31.2 Å². The molecular weight excluding hydrogens is 474 g/mol. The van der Waals surface area contributed by atoms with E-state index >= 15 is 0 Å². The zero-order chi connectivity index (χ0) is 26.5. The summed E-state index contributed by atoms with van der Waals surface area (Å²) in [5, 5.41) is 5.78. The van der Waals surface area contributed by atoms with E-state index in [1.807, 2.05) is 38.1 Å². The molecule has 2 aromatic rings. The molecule has 1 fully saturated rings. The fourth-order valence-electron chi connectivity index (χ4n) is 4.61. The van der Waals surface area contributed by atoms with Crippen LogP contribution in [-0.2, 0) is 20.9 Å². The molecule has 0 radical (unpaired) electrons. The maximum Gasteiger partial charge on any atom is 0.257 e. The van der Waals surface area contributed by atoms with Crippen molar-refractivity contribution in [1.82, 2.24) is 10.2 Å². The van der Waals surface area contributed by atoms with Crippen molar-refractivity contribution < 1.29 is 28.6 Å². The minimum absolute atomic E-state index is 0.0863. The third kappa shape index (κ3) is 6.40. The van der Waals surface area contributed by atoms with Crippen molar-refractivity contribution in [2.45, 2.75) is 57.9 Å². The normalized spacial score (nSPS) is 21.2. The van der Waals surface area contributed by atoms with Gasteiger partial charge in [0.15, 0.2) is 0 Å². The van der Waals surface area contributed by atoms with Gasteiger partial charge < -0.3 is 29.7 Å². The molecule has 0 aliphatic carbocycles. The number of hydrogen-bond acceptors (Lipinski definition) is 6. The van der Waals surface area contributed by atoms with Crippen molar-refractivity contribution in [3.05, 3.63) is 53.6 Å². The van der Waals surface area contributed by atoms with Gasteiger partial charge >= 0.3 is 0 Å². The van der Waals surface area contributed by atoms with Crippen molar-refractivity contribution in [3.63, 3.8) is 0 Å². The lowest BCUT2D eigenvalue weighted by atomic mass is 9.94. The second-order valence-electron chi connectivity index (χ2n) is 9.85. The molecule has 9 nitrogen and oxygen atoms in total. The maximum absolute atomic E-state index is 13.3. The van der Waals surface area contributed by atoms with Crippen LogP contribution in [-0.4, -0.2) is 61.6 Å². The van der Waals surface area contributed by atoms with E-state index < -0.39 is 0 Å². The van der Waals surface area contributed by atoms with Crippen LogP contribution in [0.5, 0.6) is 11.5 Å². The Balaban J connectivity index is 1.36. The van der Waals surface area contributed by atoms with E-state index in [0.29, 0.717) is 36.4 Å². The Hall–Kier alpha value is -3.59. The van der Waals surface area contributed by atoms with Crippen LogP contribution >= 0.6 is 0 Å². The molecule has 2 N–H and O–H groups in total. The summed E-state index contributed by atoms with van der Waals surface area (Å²) in [7, 11) is 3.38. The van der Waals surface area contributed by atoms with Crippen molar-refractivity contribution in [3.8, 4) is 11.5 Å². The number of ether oxygens (including phenoxy) is 3. The first-order valence-electron chi connectivity index (χ1n) is 12.6. The van der Waals surface area contributed by atoms with Crippen molar-refractivity contribution in [1.29, 1.82) is 0 Å². The summed E-state index contributed by atoms with van der Waals surface area (Å²) in [6, 6.07) is 12.5. The summed E-state index contributed by atoms with van der Waals surface area (Å²) >= 11 is 0. The number of nitrogens with zero attached hydrogens (tertiary/aromatic N) is 1. The Morgan fingerprint density at radius 1 is 1.14 bits per heavy atom. The van der Waals surface area contributed by atoms with Gasteiger partial charge in [0.25, 0.3) is 5.91 Å². The predicted molar refractivity (Wildman–Crippen MR) is 139 cm³/mol. The summed E-state index contributed by atoms with van der Waals surface area (Å²) < 4.78 is 17.4. The van der Waals surface area contributed by atoms with Crippen LogP contribution in [0.15, 0.2) is 42.5 Å². The van der Waals surface area contributed by atoms with Crippen molar-refractivity contribution in [2.24, 2.45) is 5.92 Å². The van der Waals surface area contributed by atoms with Crippen LogP contribution < -0.4 is 20.1 Å². The van der Waals surface area contributed by atoms with Crippen LogP contribution in [0.2, 0.25) is 0 Å². The number of fused-ring (bicyclic) bond motifs is 2. The molecular formula is C28H35N3O6. The number of rotatable bonds is 7. The molecule has 0 spiro atoms. The number of carbonyl (C=O) groups excluding carboxylic acids is 3. The smallest absolute Gasteiger partial charge is 0.257 e. The molecule has 2 aromatic carbocycles. The zero-order valence-electron chi connectivity index (χ0n) is 21.8. The highest BCUT2D eigenvalue weighted by Crippen LogP contribution is 2.32. The van der Waals surface area contributed by atoms with Crippen LogP contribution in [0.25, 0.3) is 0 Å². The third-order valence-corrected chi connectivity index (χ3v) is 6.87. The first-order chi connectivity index (χ1) is 17.7. The Morgan fingerprint density at radius 2 is 1.89 bits per heavy atom. The van der Waals surface area contributed by atoms with E-state index in [9.17, 15) is 14.4 Å². The van der Waals surface area contributed by atoms with E-state index in [0.717, 1.165) is 11.3 Å². The lowest BCUT2D eigenvalue weighted by molar-refractivity contribution is -0.134. The Bertz CT molecular complexity index is 1130. The first-order valence-corrected chi connectivity index (χ1v) is 12.6. The van der Waals surface area contributed by atoms with Crippen LogP contribution in [0.1, 0.15) is 49.0 Å². The minimum atomic E-state index is -0.351. The van der Waals surface area contributed by atoms with E-state index in [2.05, 4.69) is 10.6 Å². The van der Waals surface area contributed by atoms with Gasteiger partial charge in [-0.2, -0.15) is 0 Å². The van der Waals surface area contributed by atoms with Gasteiger partial charge in [-0.25, -0.2) is 0 Å². The molecule has 1 saturated heterocycles. The molecule has 4 rings (SSSR count). The zero-order valence-corrected chi connectivity index (χ0v) is 21.8. The number of likely N-dealkylation sites (N-methyl/N-ethyl adjacent to an activating group) is 1. The molecule has 3 atom stereocenters. The fraction of sp³-hybridized carbons (Fsp3) is 0.464. The van der Waals surface area contributed by atoms with E-state index in [1.54, 1.807) is 37.3 Å². The minimum Gasteiger partial charge on any atom is -0.497 e. The van der Waals surface area contributed by atoms with Crippen LogP contribution in [0.4, 0.5) is 5.69 Å². The number of nitrogens with one attached hydrogen (secondary N) is 2. The summed E-state index contributed by atoms with van der Waals surface area (Å²) in [4.78, 5) is 39.7. The quantitative estimate of drug-likeness (QED) is 0.593. The number of amides is 3. The summed E-state index contributed by atoms with van der Waals surface area (Å²) in [6.07, 6.45) is 0.997. The maximum atomic E-state index is 13.3. The lowest BCUT2D eigenvalue weighted by Crippen LogP contribution is -2.53. The molecule has 0 unspecified atom stereocenters. The second kappa shape index (κ2) is 11.6. The average Bonchev–Trinajstić information content (AvgIpc) is 2.90. The van der Waals surface area contributed by atoms with Gasteiger partial charge in [-0.3, -0.25) is 14.4 Å². The lowest BCUT2D eigenvalue weighted by Gasteiger charge is -2.42. The number of anilines is 1. The standard InChI is InChI=1S/C28H35N3O6/c1-17(2)27(33)30-19-7-12-24-22(13-19)28(34)31(3)23-11-10-21(37-25(23)16-36-24)14-26(32)29-15-18-5-8-20(35-4)9-6-18/h5-9,12-13,17,21,23,25H,10-11,14-16H2,1-4H3,(H,29,32)(H,30,33)/t21-,23+,25-/m1/s1. The highest BCUT2D eigenvalue weighted by molar-refractivity contribution is 6.00. The molecule has 9 heteroatoms. The number of benzene rings is 2. The van der Waals surface area contributed by atoms with Crippen LogP contribution in [0.3, 0.4) is 0 Å². The molecule has 2 aliphatic heterocycles. The Labute approximate surface area is 217 Å². The Kier molecular flexibility index (Phi) is 8.33. The highest BCUT2D eigenvalue weighted by atomic mass is 16.5. The molecule has 0 saturated carbocycles. The molecule has 2 heterocycles. The largest absolute Gasteiger partial charge is 0.497 e. The molecule has 3 amide bonds. The third-order valence-electron chi connectivity index (χ3n) is 6.87. The van der Waals surface area contributed by atoms with Crippen LogP contribution in [0, 0.1) is 5.92 Å². The van der Waals surface area contributed by atoms with Gasteiger partial charge in [0.1, 0.15) is 24.2 Å². The molecule has 0 aromatic heterocycles. The molecule has 2 aliphatic rings. The highest BCUT2D eigenvalue weighted by Gasteiger charge is 2.39. The van der Waals surface area contributed by atoms with Gasteiger partial charge in [0.2, 0.25) is 11.8 Å². The van der Waals surface area contributed by atoms with Gasteiger partial charge in [0, 0.05) is 25.2 Å². The van der Waals surface area contributed by atoms with Gasteiger partial charge in [-0.15, -0.1) is 0 Å². The van der Waals surface area contributed by atoms with E-state index in [-0.39, 0.29) is 54.9 Å². The SMILES string of the molecule is COc1ccc(CNC(=O)C[C@H]2CC[C@H]3[C@@H](COc4ccc(NC(=O)C(C)C)cc4C(=O)N3C)O2)cc1. The van der Waals surface area contributed by atoms with Crippen molar-refractivity contribution in [2.75, 3.05) is 26.1 Å². The van der Waals surface area contributed by atoms with Crippen molar-refractivity contribution >= 4 is 23.4 Å². The molecule has 0 bridgehead atoms. The summed E-state index contributed by atoms with van der Waals surface area (Å²) in [5.41, 5.74) is 1.95. The van der Waals surface area contributed by atoms with E-state index in [1.165, 1.54) is 0 Å². The summed E-state index contributed by atoms with van der Waals surface area (Å²) in [6.45, 7) is 4.31. The molecule has 37 heavy (non-hydrogen) atoms. The number of hydrogen-bond donors (Lipinski definition) is 2. The Morgan fingerprint density at radius 3 is 2.59 bits per heavy atom. The van der Waals surface area contributed by atoms with E-state index in [4.69, 9.17) is 14.2 Å². The van der Waals surface area contributed by atoms with Gasteiger partial charge in [-0.05, 0) is 48.7 Å². The topological polar surface area (TPSA) is 106 Å². The first kappa shape index (κ1) is 26.5. The monoisotopic (exact) mass is 509 g/mol. The molecule has 198 valence electrons. The number of methoxy groups -OCH3 is 1. The predicted octanol–water partition coefficient (Wildman–Crippen LogP) is 3.38. The number of carbonyl (C=O) groups is 3. The summed E-state index contributed by atoms with van der Waals surface area (Å²) in [5.74, 6) is 0.648. The average molecular weight is 510 g/mol.